The molecule has 0 bridgehead atoms. The zero-order valence-corrected chi connectivity index (χ0v) is 12.9. The van der Waals surface area contributed by atoms with Crippen molar-refractivity contribution in [3.63, 3.8) is 0 Å². The van der Waals surface area contributed by atoms with Crippen LogP contribution < -0.4 is 0 Å². The van der Waals surface area contributed by atoms with Gasteiger partial charge in [-0.2, -0.15) is 13.2 Å². The lowest BCUT2D eigenvalue weighted by atomic mass is 10.2. The van der Waals surface area contributed by atoms with Crippen molar-refractivity contribution in [2.24, 2.45) is 0 Å². The molecule has 0 unspecified atom stereocenters. The largest absolute Gasteiger partial charge is 0.502 e. The van der Waals surface area contributed by atoms with Crippen LogP contribution in [0, 0.1) is 0 Å². The fraction of sp³-hybridized carbons (Fsp3) is 0.0909. The second-order valence-corrected chi connectivity index (χ2v) is 6.98. The number of H-pyrrole nitrogens is 1. The maximum Gasteiger partial charge on any atom is 0.502 e. The van der Waals surface area contributed by atoms with Crippen molar-refractivity contribution < 1.29 is 21.6 Å². The first kappa shape index (κ1) is 16.5. The number of alkyl halides is 3. The molecule has 2 aromatic rings. The molecule has 0 fully saturated rings. The van der Waals surface area contributed by atoms with Crippen molar-refractivity contribution in [2.75, 3.05) is 0 Å². The monoisotopic (exact) mass is 377 g/mol. The van der Waals surface area contributed by atoms with E-state index < -0.39 is 30.4 Å². The molecule has 1 N–H and O–H groups in total. The molecule has 114 valence electrons. The van der Waals surface area contributed by atoms with E-state index in [0.717, 1.165) is 0 Å². The van der Waals surface area contributed by atoms with E-state index in [1.807, 2.05) is 0 Å². The van der Waals surface area contributed by atoms with Crippen LogP contribution >= 0.6 is 34.8 Å². The molecule has 2 rings (SSSR count). The molecular formula is C11H5Cl3F3NO2S. The zero-order valence-electron chi connectivity index (χ0n) is 9.80. The molecule has 3 nitrogen and oxygen atoms in total. The highest BCUT2D eigenvalue weighted by molar-refractivity contribution is 7.92. The highest BCUT2D eigenvalue weighted by atomic mass is 35.5. The maximum absolute atomic E-state index is 12.7. The lowest BCUT2D eigenvalue weighted by Crippen LogP contribution is -2.23. The summed E-state index contributed by atoms with van der Waals surface area (Å²) in [5, 5.41) is -0.772. The standard InChI is InChI=1S/C11H5Cl3F3NO2S/c12-6-3-1-5(2-4-6)8-9(7(13)10(14)18-8)21(19,20)11(15,16)17/h1-4,18H. The van der Waals surface area contributed by atoms with E-state index in [1.165, 1.54) is 24.3 Å². The van der Waals surface area contributed by atoms with Gasteiger partial charge >= 0.3 is 5.51 Å². The van der Waals surface area contributed by atoms with Crippen molar-refractivity contribution in [1.82, 2.24) is 4.98 Å². The Labute approximate surface area is 132 Å². The summed E-state index contributed by atoms with van der Waals surface area (Å²) in [6, 6.07) is 5.47. The average molecular weight is 379 g/mol. The van der Waals surface area contributed by atoms with Crippen LogP contribution in [0.25, 0.3) is 11.3 Å². The van der Waals surface area contributed by atoms with Crippen LogP contribution in [0.15, 0.2) is 29.2 Å². The van der Waals surface area contributed by atoms with E-state index >= 15 is 0 Å². The van der Waals surface area contributed by atoms with Crippen molar-refractivity contribution >= 4 is 44.6 Å². The Kier molecular flexibility index (Phi) is 4.23. The smallest absolute Gasteiger partial charge is 0.343 e. The van der Waals surface area contributed by atoms with Gasteiger partial charge in [0, 0.05) is 5.02 Å². The second-order valence-electron chi connectivity index (χ2n) is 3.91. The number of halogens is 6. The predicted molar refractivity (Wildman–Crippen MR) is 74.5 cm³/mol. The molecule has 0 aliphatic rings. The number of benzene rings is 1. The van der Waals surface area contributed by atoms with E-state index in [2.05, 4.69) is 4.98 Å². The summed E-state index contributed by atoms with van der Waals surface area (Å²) in [6.07, 6.45) is 0. The number of rotatable bonds is 2. The minimum atomic E-state index is -5.66. The van der Waals surface area contributed by atoms with E-state index in [-0.39, 0.29) is 11.3 Å². The Morgan fingerprint density at radius 3 is 2.00 bits per heavy atom. The fourth-order valence-electron chi connectivity index (χ4n) is 1.62. The molecule has 10 heteroatoms. The van der Waals surface area contributed by atoms with Crippen molar-refractivity contribution in [3.05, 3.63) is 39.5 Å². The van der Waals surface area contributed by atoms with Gasteiger partial charge < -0.3 is 4.98 Å². The Balaban J connectivity index is 2.76. The van der Waals surface area contributed by atoms with Crippen LogP contribution in [0.5, 0.6) is 0 Å². The summed E-state index contributed by atoms with van der Waals surface area (Å²) in [4.78, 5) is 1.23. The number of nitrogens with one attached hydrogen (secondary N) is 1. The number of aromatic nitrogens is 1. The van der Waals surface area contributed by atoms with Gasteiger partial charge in [0.15, 0.2) is 0 Å². The fourth-order valence-corrected chi connectivity index (χ4v) is 3.44. The minimum Gasteiger partial charge on any atom is -0.343 e. The molecule has 0 radical (unpaired) electrons. The summed E-state index contributed by atoms with van der Waals surface area (Å²) < 4.78 is 61.5. The van der Waals surface area contributed by atoms with E-state index in [0.29, 0.717) is 5.02 Å². The molecule has 0 atom stereocenters. The minimum absolute atomic E-state index is 0.149. The Morgan fingerprint density at radius 1 is 1.00 bits per heavy atom. The highest BCUT2D eigenvalue weighted by Crippen LogP contribution is 2.43. The van der Waals surface area contributed by atoms with Gasteiger partial charge in [0.2, 0.25) is 0 Å². The van der Waals surface area contributed by atoms with E-state index in [9.17, 15) is 21.6 Å². The molecule has 1 heterocycles. The van der Waals surface area contributed by atoms with Gasteiger partial charge in [-0.15, -0.1) is 0 Å². The number of sulfone groups is 1. The maximum atomic E-state index is 12.7. The first-order chi connectivity index (χ1) is 9.55. The first-order valence-corrected chi connectivity index (χ1v) is 7.81. The van der Waals surface area contributed by atoms with Gasteiger partial charge in [0.25, 0.3) is 9.84 Å². The van der Waals surface area contributed by atoms with Crippen LogP contribution in [0.2, 0.25) is 15.2 Å². The van der Waals surface area contributed by atoms with Crippen LogP contribution in [-0.4, -0.2) is 18.9 Å². The summed E-state index contributed by atoms with van der Waals surface area (Å²) in [7, 11) is -5.66. The summed E-state index contributed by atoms with van der Waals surface area (Å²) >= 11 is 16.9. The van der Waals surface area contributed by atoms with Crippen LogP contribution in [-0.2, 0) is 9.84 Å². The van der Waals surface area contributed by atoms with E-state index in [1.54, 1.807) is 0 Å². The zero-order chi connectivity index (χ0) is 16.0. The normalized spacial score (nSPS) is 12.7. The third-order valence-electron chi connectivity index (χ3n) is 2.56. The van der Waals surface area contributed by atoms with Crippen LogP contribution in [0.3, 0.4) is 0 Å². The Bertz CT molecular complexity index is 782. The number of hydrogen-bond acceptors (Lipinski definition) is 2. The summed E-state index contributed by atoms with van der Waals surface area (Å²) in [6.45, 7) is 0. The number of aromatic amines is 1. The molecule has 0 aliphatic carbocycles. The Hall–Kier alpha value is -0.890. The third-order valence-corrected chi connectivity index (χ3v) is 5.24. The molecule has 1 aromatic carbocycles. The molecule has 0 saturated heterocycles. The van der Waals surface area contributed by atoms with Crippen LogP contribution in [0.1, 0.15) is 0 Å². The Morgan fingerprint density at radius 2 is 1.52 bits per heavy atom. The molecule has 0 spiro atoms. The van der Waals surface area contributed by atoms with Gasteiger partial charge in [-0.25, -0.2) is 8.42 Å². The predicted octanol–water partition coefficient (Wildman–Crippen LogP) is 4.94. The lowest BCUT2D eigenvalue weighted by Gasteiger charge is -2.09. The summed E-state index contributed by atoms with van der Waals surface area (Å²) in [5.41, 5.74) is -5.70. The lowest BCUT2D eigenvalue weighted by molar-refractivity contribution is -0.0435. The SMILES string of the molecule is O=S(=O)(c1c(-c2ccc(Cl)cc2)[nH]c(Cl)c1Cl)C(F)(F)F. The third kappa shape index (κ3) is 2.88. The van der Waals surface area contributed by atoms with Crippen molar-refractivity contribution in [1.29, 1.82) is 0 Å². The summed E-state index contributed by atoms with van der Waals surface area (Å²) in [5.74, 6) is 0. The van der Waals surface area contributed by atoms with Gasteiger partial charge in [-0.1, -0.05) is 46.9 Å². The second kappa shape index (κ2) is 5.39. The molecule has 0 amide bonds. The topological polar surface area (TPSA) is 49.9 Å². The highest BCUT2D eigenvalue weighted by Gasteiger charge is 2.50. The van der Waals surface area contributed by atoms with Gasteiger partial charge in [0.1, 0.15) is 10.0 Å². The van der Waals surface area contributed by atoms with Crippen molar-refractivity contribution in [3.8, 4) is 11.3 Å². The first-order valence-electron chi connectivity index (χ1n) is 5.20. The van der Waals surface area contributed by atoms with Crippen molar-refractivity contribution in [2.45, 2.75) is 10.4 Å². The molecular weight excluding hydrogens is 374 g/mol. The molecule has 0 saturated carbocycles. The molecule has 0 aliphatic heterocycles. The molecule has 1 aromatic heterocycles. The van der Waals surface area contributed by atoms with Gasteiger partial charge in [-0.3, -0.25) is 0 Å². The van der Waals surface area contributed by atoms with Gasteiger partial charge in [0.05, 0.1) is 10.7 Å². The van der Waals surface area contributed by atoms with E-state index in [4.69, 9.17) is 34.8 Å². The molecule has 21 heavy (non-hydrogen) atoms. The average Bonchev–Trinajstić information content (AvgIpc) is 2.65. The van der Waals surface area contributed by atoms with Gasteiger partial charge in [-0.05, 0) is 17.7 Å². The number of hydrogen-bond donors (Lipinski definition) is 1. The van der Waals surface area contributed by atoms with Crippen LogP contribution in [0.4, 0.5) is 13.2 Å². The quantitative estimate of drug-likeness (QED) is 0.805.